The lowest BCUT2D eigenvalue weighted by atomic mass is 9.96. The van der Waals surface area contributed by atoms with Gasteiger partial charge in [0.1, 0.15) is 0 Å². The van der Waals surface area contributed by atoms with E-state index in [2.05, 4.69) is 75.2 Å². The summed E-state index contributed by atoms with van der Waals surface area (Å²) in [6.07, 6.45) is 1.00. The summed E-state index contributed by atoms with van der Waals surface area (Å²) < 4.78 is 1.19. The number of hydrogen-bond acceptors (Lipinski definition) is 2. The minimum Gasteiger partial charge on any atom is -0.313 e. The number of likely N-dealkylation sites (N-methyl/N-ethyl adjacent to an activating group) is 1. The van der Waals surface area contributed by atoms with Crippen LogP contribution < -0.4 is 5.32 Å². The van der Waals surface area contributed by atoms with Crippen LogP contribution in [0.4, 0.5) is 0 Å². The fourth-order valence-electron chi connectivity index (χ4n) is 2.58. The molecule has 0 aliphatic rings. The third-order valence-electron chi connectivity index (χ3n) is 3.64. The molecule has 1 nitrogen and oxygen atoms in total. The van der Waals surface area contributed by atoms with Crippen molar-refractivity contribution in [3.05, 3.63) is 68.8 Å². The van der Waals surface area contributed by atoms with E-state index in [0.717, 1.165) is 6.42 Å². The number of rotatable bonds is 4. The molecular formula is C17H16BrNS. The topological polar surface area (TPSA) is 12.0 Å². The van der Waals surface area contributed by atoms with Crippen molar-refractivity contribution in [2.75, 3.05) is 7.05 Å². The maximum absolute atomic E-state index is 3.55. The average Bonchev–Trinajstić information content (AvgIpc) is 2.91. The van der Waals surface area contributed by atoms with Gasteiger partial charge in [-0.25, -0.2) is 0 Å². The predicted octanol–water partition coefficient (Wildman–Crippen LogP) is 5.17. The Morgan fingerprint density at radius 1 is 1.15 bits per heavy atom. The van der Waals surface area contributed by atoms with Gasteiger partial charge in [0, 0.05) is 6.04 Å². The van der Waals surface area contributed by atoms with Crippen LogP contribution >= 0.6 is 27.3 Å². The summed E-state index contributed by atoms with van der Waals surface area (Å²) in [5, 5.41) is 8.31. The van der Waals surface area contributed by atoms with Crippen LogP contribution in [-0.2, 0) is 6.42 Å². The fraction of sp³-hybridized carbons (Fsp3) is 0.176. The van der Waals surface area contributed by atoms with Crippen molar-refractivity contribution >= 4 is 38.0 Å². The van der Waals surface area contributed by atoms with Crippen molar-refractivity contribution < 1.29 is 0 Å². The minimum atomic E-state index is 0.350. The number of thiophene rings is 1. The lowest BCUT2D eigenvalue weighted by Gasteiger charge is -2.16. The van der Waals surface area contributed by atoms with Gasteiger partial charge in [-0.2, -0.15) is 0 Å². The zero-order valence-corrected chi connectivity index (χ0v) is 13.7. The number of benzene rings is 2. The van der Waals surface area contributed by atoms with Crippen LogP contribution in [0.25, 0.3) is 10.8 Å². The molecule has 0 saturated heterocycles. The first kappa shape index (κ1) is 13.8. The van der Waals surface area contributed by atoms with Crippen molar-refractivity contribution in [1.82, 2.24) is 5.32 Å². The summed E-state index contributed by atoms with van der Waals surface area (Å²) in [7, 11) is 2.03. The Labute approximate surface area is 131 Å². The normalized spacial score (nSPS) is 12.7. The minimum absolute atomic E-state index is 0.350. The second kappa shape index (κ2) is 6.08. The number of fused-ring (bicyclic) bond motifs is 1. The van der Waals surface area contributed by atoms with Gasteiger partial charge in [0.25, 0.3) is 0 Å². The Morgan fingerprint density at radius 2 is 1.95 bits per heavy atom. The van der Waals surface area contributed by atoms with Crippen LogP contribution in [0.2, 0.25) is 0 Å². The van der Waals surface area contributed by atoms with Crippen LogP contribution in [0.15, 0.2) is 57.7 Å². The van der Waals surface area contributed by atoms with Crippen molar-refractivity contribution in [1.29, 1.82) is 0 Å². The molecule has 0 spiro atoms. The molecule has 1 aromatic heterocycles. The van der Waals surface area contributed by atoms with E-state index in [1.54, 1.807) is 11.3 Å². The first-order valence-electron chi connectivity index (χ1n) is 6.66. The number of nitrogens with one attached hydrogen (secondary N) is 1. The van der Waals surface area contributed by atoms with Crippen molar-refractivity contribution in [3.8, 4) is 0 Å². The maximum Gasteiger partial charge on any atom is 0.0701 e. The van der Waals surface area contributed by atoms with E-state index in [1.807, 2.05) is 7.05 Å². The van der Waals surface area contributed by atoms with Crippen LogP contribution in [0.5, 0.6) is 0 Å². The molecule has 0 bridgehead atoms. The molecule has 3 aromatic rings. The standard InChI is InChI=1S/C17H16BrNS/c1-19-16(14-10-17(18)20-11-14)9-13-7-4-6-12-5-2-3-8-15(12)13/h2-8,10-11,16,19H,9H2,1H3. The zero-order chi connectivity index (χ0) is 13.9. The van der Waals surface area contributed by atoms with E-state index in [4.69, 9.17) is 0 Å². The molecule has 0 amide bonds. The maximum atomic E-state index is 3.55. The van der Waals surface area contributed by atoms with Gasteiger partial charge in [0.2, 0.25) is 0 Å². The quantitative estimate of drug-likeness (QED) is 0.687. The Hall–Kier alpha value is -1.16. The lowest BCUT2D eigenvalue weighted by molar-refractivity contribution is 0.596. The van der Waals surface area contributed by atoms with E-state index >= 15 is 0 Å². The number of halogens is 1. The van der Waals surface area contributed by atoms with Gasteiger partial charge in [-0.05, 0) is 62.7 Å². The molecule has 1 atom stereocenters. The van der Waals surface area contributed by atoms with Crippen molar-refractivity contribution in [3.63, 3.8) is 0 Å². The van der Waals surface area contributed by atoms with Gasteiger partial charge in [-0.15, -0.1) is 11.3 Å². The molecule has 0 radical (unpaired) electrons. The Balaban J connectivity index is 1.95. The van der Waals surface area contributed by atoms with Gasteiger partial charge in [0.05, 0.1) is 3.79 Å². The van der Waals surface area contributed by atoms with Crippen molar-refractivity contribution in [2.45, 2.75) is 12.5 Å². The summed E-state index contributed by atoms with van der Waals surface area (Å²) in [6, 6.07) is 17.7. The third kappa shape index (κ3) is 2.80. The fourth-order valence-corrected chi connectivity index (χ4v) is 3.81. The molecule has 1 unspecified atom stereocenters. The lowest BCUT2D eigenvalue weighted by Crippen LogP contribution is -2.18. The van der Waals surface area contributed by atoms with E-state index < -0.39 is 0 Å². The highest BCUT2D eigenvalue weighted by Crippen LogP contribution is 2.29. The molecule has 3 rings (SSSR count). The zero-order valence-electron chi connectivity index (χ0n) is 11.3. The Bertz CT molecular complexity index is 714. The Kier molecular flexibility index (Phi) is 4.20. The molecule has 1 heterocycles. The summed E-state index contributed by atoms with van der Waals surface area (Å²) >= 11 is 5.28. The van der Waals surface area contributed by atoms with E-state index in [9.17, 15) is 0 Å². The molecule has 3 heteroatoms. The van der Waals surface area contributed by atoms with Crippen LogP contribution in [0.3, 0.4) is 0 Å². The van der Waals surface area contributed by atoms with E-state index in [-0.39, 0.29) is 0 Å². The molecule has 2 aromatic carbocycles. The van der Waals surface area contributed by atoms with Gasteiger partial charge < -0.3 is 5.32 Å². The highest BCUT2D eigenvalue weighted by Gasteiger charge is 2.13. The summed E-state index contributed by atoms with van der Waals surface area (Å²) in [4.78, 5) is 0. The van der Waals surface area contributed by atoms with Gasteiger partial charge >= 0.3 is 0 Å². The average molecular weight is 346 g/mol. The second-order valence-electron chi connectivity index (χ2n) is 4.87. The number of hydrogen-bond donors (Lipinski definition) is 1. The molecule has 0 saturated carbocycles. The Morgan fingerprint density at radius 3 is 2.70 bits per heavy atom. The third-order valence-corrected chi connectivity index (χ3v) is 5.17. The monoisotopic (exact) mass is 345 g/mol. The largest absolute Gasteiger partial charge is 0.313 e. The first-order chi connectivity index (χ1) is 9.78. The van der Waals surface area contributed by atoms with Crippen LogP contribution in [-0.4, -0.2) is 7.05 Å². The molecule has 0 aliphatic carbocycles. The van der Waals surface area contributed by atoms with E-state index in [0.29, 0.717) is 6.04 Å². The molecular weight excluding hydrogens is 330 g/mol. The summed E-state index contributed by atoms with van der Waals surface area (Å²) in [5.74, 6) is 0. The molecule has 0 fully saturated rings. The first-order valence-corrected chi connectivity index (χ1v) is 8.33. The summed E-state index contributed by atoms with van der Waals surface area (Å²) in [5.41, 5.74) is 2.74. The summed E-state index contributed by atoms with van der Waals surface area (Å²) in [6.45, 7) is 0. The van der Waals surface area contributed by atoms with Crippen LogP contribution in [0.1, 0.15) is 17.2 Å². The molecule has 0 aliphatic heterocycles. The van der Waals surface area contributed by atoms with Gasteiger partial charge in [0.15, 0.2) is 0 Å². The molecule has 102 valence electrons. The van der Waals surface area contributed by atoms with Gasteiger partial charge in [-0.1, -0.05) is 42.5 Å². The molecule has 1 N–H and O–H groups in total. The molecule has 20 heavy (non-hydrogen) atoms. The highest BCUT2D eigenvalue weighted by atomic mass is 79.9. The van der Waals surface area contributed by atoms with E-state index in [1.165, 1.54) is 25.7 Å². The smallest absolute Gasteiger partial charge is 0.0701 e. The SMILES string of the molecule is CNC(Cc1cccc2ccccc12)c1csc(Br)c1. The van der Waals surface area contributed by atoms with Crippen molar-refractivity contribution in [2.24, 2.45) is 0 Å². The van der Waals surface area contributed by atoms with Crippen LogP contribution in [0, 0.1) is 0 Å². The predicted molar refractivity (Wildman–Crippen MR) is 91.5 cm³/mol. The van der Waals surface area contributed by atoms with Gasteiger partial charge in [-0.3, -0.25) is 0 Å². The highest BCUT2D eigenvalue weighted by molar-refractivity contribution is 9.11. The second-order valence-corrected chi connectivity index (χ2v) is 7.16.